The molecule has 1 aliphatic heterocycles. The highest BCUT2D eigenvalue weighted by Crippen LogP contribution is 2.28. The molecule has 0 saturated heterocycles. The van der Waals surface area contributed by atoms with Crippen molar-refractivity contribution in [3.05, 3.63) is 41.1 Å². The largest absolute Gasteiger partial charge is 0.478 e. The minimum atomic E-state index is -0.909. The van der Waals surface area contributed by atoms with E-state index in [9.17, 15) is 4.79 Å². The topological polar surface area (TPSA) is 67.2 Å². The number of nitrogens with zero attached hydrogens (tertiary/aromatic N) is 2. The van der Waals surface area contributed by atoms with Crippen LogP contribution in [0.2, 0.25) is 0 Å². The van der Waals surface area contributed by atoms with E-state index in [4.69, 9.17) is 10.2 Å². The molecule has 5 nitrogen and oxygen atoms in total. The molecule has 110 valence electrons. The monoisotopic (exact) mass is 285 g/mol. The van der Waals surface area contributed by atoms with Gasteiger partial charge >= 0.3 is 5.97 Å². The lowest BCUT2D eigenvalue weighted by Gasteiger charge is -2.09. The predicted molar refractivity (Wildman–Crippen MR) is 81.3 cm³/mol. The first kappa shape index (κ1) is 13.7. The highest BCUT2D eigenvalue weighted by molar-refractivity contribution is 5.87. The van der Waals surface area contributed by atoms with Crippen LogP contribution in [-0.4, -0.2) is 27.4 Å². The number of hydrogen-bond donors (Lipinski definition) is 2. The molecule has 1 aromatic heterocycles. The summed E-state index contributed by atoms with van der Waals surface area (Å²) in [7, 11) is 0. The molecule has 0 spiro atoms. The van der Waals surface area contributed by atoms with Crippen LogP contribution in [0.1, 0.15) is 41.4 Å². The molecule has 0 saturated carbocycles. The Hall–Kier alpha value is -2.30. The van der Waals surface area contributed by atoms with Crippen LogP contribution in [0.15, 0.2) is 24.3 Å². The van der Waals surface area contributed by atoms with Crippen molar-refractivity contribution in [1.82, 2.24) is 9.78 Å². The van der Waals surface area contributed by atoms with Gasteiger partial charge in [0.05, 0.1) is 16.9 Å². The first-order chi connectivity index (χ1) is 10.2. The van der Waals surface area contributed by atoms with Gasteiger partial charge in [0, 0.05) is 12.1 Å². The second-order valence-electron chi connectivity index (χ2n) is 5.28. The third kappa shape index (κ3) is 2.51. The second-order valence-corrected chi connectivity index (χ2v) is 5.28. The summed E-state index contributed by atoms with van der Waals surface area (Å²) in [5, 5.41) is 17.2. The van der Waals surface area contributed by atoms with E-state index in [1.165, 1.54) is 12.0 Å². The fraction of sp³-hybridized carbons (Fsp3) is 0.375. The Bertz CT molecular complexity index is 659. The summed E-state index contributed by atoms with van der Waals surface area (Å²) in [5.74, 6) is 0.153. The highest BCUT2D eigenvalue weighted by atomic mass is 16.4. The van der Waals surface area contributed by atoms with E-state index in [-0.39, 0.29) is 0 Å². The van der Waals surface area contributed by atoms with Gasteiger partial charge in [-0.3, -0.25) is 0 Å². The molecule has 0 bridgehead atoms. The van der Waals surface area contributed by atoms with E-state index in [0.29, 0.717) is 5.56 Å². The van der Waals surface area contributed by atoms with Gasteiger partial charge in [0.1, 0.15) is 5.82 Å². The van der Waals surface area contributed by atoms with E-state index >= 15 is 0 Å². The molecule has 0 fully saturated rings. The second kappa shape index (κ2) is 5.60. The van der Waals surface area contributed by atoms with Crippen molar-refractivity contribution in [2.24, 2.45) is 0 Å². The maximum absolute atomic E-state index is 10.9. The molecular weight excluding hydrogens is 266 g/mol. The zero-order valence-corrected chi connectivity index (χ0v) is 12.1. The van der Waals surface area contributed by atoms with Crippen LogP contribution in [0.4, 0.5) is 5.82 Å². The molecule has 0 amide bonds. The minimum Gasteiger partial charge on any atom is -0.478 e. The van der Waals surface area contributed by atoms with Crippen molar-refractivity contribution in [3.8, 4) is 5.69 Å². The summed E-state index contributed by atoms with van der Waals surface area (Å²) >= 11 is 0. The Balaban J connectivity index is 2.05. The summed E-state index contributed by atoms with van der Waals surface area (Å²) < 4.78 is 1.91. The van der Waals surface area contributed by atoms with Crippen LogP contribution in [0, 0.1) is 0 Å². The molecule has 3 rings (SSSR count). The number of nitrogens with one attached hydrogen (secondary N) is 1. The molecule has 1 aliphatic rings. The summed E-state index contributed by atoms with van der Waals surface area (Å²) in [5.41, 5.74) is 3.62. The van der Waals surface area contributed by atoms with Crippen molar-refractivity contribution in [3.63, 3.8) is 0 Å². The van der Waals surface area contributed by atoms with Crippen LogP contribution >= 0.6 is 0 Å². The molecule has 2 N–H and O–H groups in total. The Morgan fingerprint density at radius 1 is 1.33 bits per heavy atom. The molecule has 0 aliphatic carbocycles. The van der Waals surface area contributed by atoms with Crippen molar-refractivity contribution >= 4 is 11.8 Å². The number of benzene rings is 1. The van der Waals surface area contributed by atoms with E-state index in [0.717, 1.165) is 43.0 Å². The lowest BCUT2D eigenvalue weighted by atomic mass is 10.1. The lowest BCUT2D eigenvalue weighted by molar-refractivity contribution is 0.0697. The van der Waals surface area contributed by atoms with Gasteiger partial charge in [-0.1, -0.05) is 6.92 Å². The molecule has 5 heteroatoms. The molecule has 21 heavy (non-hydrogen) atoms. The van der Waals surface area contributed by atoms with Gasteiger partial charge in [0.2, 0.25) is 0 Å². The van der Waals surface area contributed by atoms with E-state index in [2.05, 4.69) is 12.2 Å². The van der Waals surface area contributed by atoms with Gasteiger partial charge in [-0.15, -0.1) is 0 Å². The molecule has 1 aromatic carbocycles. The fourth-order valence-electron chi connectivity index (χ4n) is 2.79. The first-order valence-corrected chi connectivity index (χ1v) is 7.39. The Labute approximate surface area is 123 Å². The number of aryl methyl sites for hydroxylation is 1. The van der Waals surface area contributed by atoms with Gasteiger partial charge in [0.25, 0.3) is 0 Å². The van der Waals surface area contributed by atoms with E-state index in [1.807, 2.05) is 16.8 Å². The van der Waals surface area contributed by atoms with E-state index < -0.39 is 5.97 Å². The number of hydrogen-bond acceptors (Lipinski definition) is 3. The van der Waals surface area contributed by atoms with Crippen LogP contribution in [0.5, 0.6) is 0 Å². The molecule has 0 radical (unpaired) electrons. The minimum absolute atomic E-state index is 0.292. The number of carboxylic acids is 1. The Morgan fingerprint density at radius 2 is 2.10 bits per heavy atom. The number of aromatic carboxylic acids is 1. The Kier molecular flexibility index (Phi) is 3.64. The summed E-state index contributed by atoms with van der Waals surface area (Å²) in [4.78, 5) is 10.9. The standard InChI is InChI=1S/C16H19N3O2/c1-2-14-13-5-3-4-10-17-15(13)19(18-14)12-8-6-11(7-9-12)16(20)21/h6-9,17H,2-5,10H2,1H3,(H,20,21). The number of carbonyl (C=O) groups is 1. The van der Waals surface area contributed by atoms with Crippen molar-refractivity contribution in [2.45, 2.75) is 32.6 Å². The normalized spacial score (nSPS) is 14.1. The molecular formula is C16H19N3O2. The third-order valence-corrected chi connectivity index (χ3v) is 3.91. The summed E-state index contributed by atoms with van der Waals surface area (Å²) in [6.45, 7) is 3.07. The predicted octanol–water partition coefficient (Wildman–Crippen LogP) is 2.88. The maximum Gasteiger partial charge on any atom is 0.335 e. The quantitative estimate of drug-likeness (QED) is 0.910. The van der Waals surface area contributed by atoms with Crippen LogP contribution in [0.25, 0.3) is 5.69 Å². The van der Waals surface area contributed by atoms with E-state index in [1.54, 1.807) is 12.1 Å². The van der Waals surface area contributed by atoms with Crippen LogP contribution in [-0.2, 0) is 12.8 Å². The first-order valence-electron chi connectivity index (χ1n) is 7.39. The lowest BCUT2D eigenvalue weighted by Crippen LogP contribution is -2.07. The average Bonchev–Trinajstić information content (AvgIpc) is 2.68. The molecule has 2 heterocycles. The van der Waals surface area contributed by atoms with Crippen LogP contribution < -0.4 is 5.32 Å². The van der Waals surface area contributed by atoms with Gasteiger partial charge in [0.15, 0.2) is 0 Å². The number of anilines is 1. The number of rotatable bonds is 3. The molecule has 0 unspecified atom stereocenters. The van der Waals surface area contributed by atoms with Crippen molar-refractivity contribution < 1.29 is 9.90 Å². The maximum atomic E-state index is 10.9. The molecule has 0 atom stereocenters. The number of fused-ring (bicyclic) bond motifs is 1. The van der Waals surface area contributed by atoms with Crippen molar-refractivity contribution in [1.29, 1.82) is 0 Å². The van der Waals surface area contributed by atoms with Gasteiger partial charge in [-0.2, -0.15) is 5.10 Å². The Morgan fingerprint density at radius 3 is 2.76 bits per heavy atom. The smallest absolute Gasteiger partial charge is 0.335 e. The van der Waals surface area contributed by atoms with Gasteiger partial charge < -0.3 is 10.4 Å². The van der Waals surface area contributed by atoms with Gasteiger partial charge in [-0.25, -0.2) is 9.48 Å². The zero-order valence-electron chi connectivity index (χ0n) is 12.1. The average molecular weight is 285 g/mol. The zero-order chi connectivity index (χ0) is 14.8. The summed E-state index contributed by atoms with van der Waals surface area (Å²) in [6.07, 6.45) is 4.30. The number of aromatic nitrogens is 2. The molecule has 2 aromatic rings. The third-order valence-electron chi connectivity index (χ3n) is 3.91. The van der Waals surface area contributed by atoms with Crippen LogP contribution in [0.3, 0.4) is 0 Å². The number of carboxylic acid groups (broad SMARTS) is 1. The highest BCUT2D eigenvalue weighted by Gasteiger charge is 2.19. The SMILES string of the molecule is CCc1nn(-c2ccc(C(=O)O)cc2)c2c1CCCCN2. The van der Waals surface area contributed by atoms with Gasteiger partial charge in [-0.05, 0) is 49.9 Å². The fourth-order valence-corrected chi connectivity index (χ4v) is 2.79. The van der Waals surface area contributed by atoms with Crippen molar-refractivity contribution in [2.75, 3.05) is 11.9 Å². The summed E-state index contributed by atoms with van der Waals surface area (Å²) in [6, 6.07) is 6.85.